The molecule has 6 heteroatoms. The van der Waals surface area contributed by atoms with Crippen LogP contribution < -0.4 is 0 Å². The van der Waals surface area contributed by atoms with Crippen LogP contribution in [0.15, 0.2) is 229 Å². The summed E-state index contributed by atoms with van der Waals surface area (Å²) < 4.78 is 6.47. The van der Waals surface area contributed by atoms with Gasteiger partial charge in [-0.05, 0) is 109 Å². The molecular formula is C63H37N5O. The fourth-order valence-electron chi connectivity index (χ4n) is 10.2. The first kappa shape index (κ1) is 38.8. The highest BCUT2D eigenvalue weighted by Gasteiger charge is 2.20. The van der Waals surface area contributed by atoms with Gasteiger partial charge >= 0.3 is 0 Å². The van der Waals surface area contributed by atoms with Crippen molar-refractivity contribution in [2.45, 2.75) is 0 Å². The smallest absolute Gasteiger partial charge is 0.164 e. The lowest BCUT2D eigenvalue weighted by atomic mass is 9.91. The molecule has 0 amide bonds. The first-order chi connectivity index (χ1) is 34.2. The quantitative estimate of drug-likeness (QED) is 0.155. The zero-order valence-electron chi connectivity index (χ0n) is 37.0. The Labute approximate surface area is 395 Å². The van der Waals surface area contributed by atoms with Crippen LogP contribution >= 0.6 is 0 Å². The third-order valence-electron chi connectivity index (χ3n) is 13.5. The van der Waals surface area contributed by atoms with Crippen LogP contribution in [0, 0.1) is 0 Å². The van der Waals surface area contributed by atoms with Gasteiger partial charge in [0.15, 0.2) is 17.5 Å². The molecule has 69 heavy (non-hydrogen) atoms. The normalized spacial score (nSPS) is 11.8. The van der Waals surface area contributed by atoms with E-state index in [1.54, 1.807) is 0 Å². The van der Waals surface area contributed by atoms with Crippen LogP contribution in [0.25, 0.3) is 144 Å². The molecule has 0 aliphatic rings. The van der Waals surface area contributed by atoms with E-state index in [2.05, 4.69) is 170 Å². The van der Waals surface area contributed by atoms with E-state index in [1.165, 1.54) is 10.8 Å². The van der Waals surface area contributed by atoms with Crippen molar-refractivity contribution in [3.8, 4) is 67.7 Å². The minimum absolute atomic E-state index is 0.543. The van der Waals surface area contributed by atoms with Gasteiger partial charge in [0.2, 0.25) is 0 Å². The van der Waals surface area contributed by atoms with Gasteiger partial charge in [-0.3, -0.25) is 4.98 Å². The third kappa shape index (κ3) is 6.53. The van der Waals surface area contributed by atoms with E-state index >= 15 is 0 Å². The molecule has 14 rings (SSSR count). The number of hydrogen-bond donors (Lipinski definition) is 0. The van der Waals surface area contributed by atoms with Gasteiger partial charge in [-0.15, -0.1) is 0 Å². The summed E-state index contributed by atoms with van der Waals surface area (Å²) in [5.41, 5.74) is 11.9. The second kappa shape index (κ2) is 15.6. The Morgan fingerprint density at radius 1 is 0.275 bits per heavy atom. The highest BCUT2D eigenvalue weighted by Crippen LogP contribution is 2.41. The van der Waals surface area contributed by atoms with Gasteiger partial charge in [-0.1, -0.05) is 164 Å². The van der Waals surface area contributed by atoms with Crippen LogP contribution in [0.2, 0.25) is 0 Å². The van der Waals surface area contributed by atoms with Gasteiger partial charge in [0.1, 0.15) is 11.2 Å². The molecule has 3 heterocycles. The predicted molar refractivity (Wildman–Crippen MR) is 283 cm³/mol. The Hall–Kier alpha value is -9.39. The number of benzene rings is 11. The van der Waals surface area contributed by atoms with Crippen molar-refractivity contribution in [3.05, 3.63) is 225 Å². The highest BCUT2D eigenvalue weighted by molar-refractivity contribution is 6.23. The average Bonchev–Trinajstić information content (AvgIpc) is 3.80. The van der Waals surface area contributed by atoms with Crippen molar-refractivity contribution in [1.29, 1.82) is 0 Å². The van der Waals surface area contributed by atoms with Gasteiger partial charge in [-0.2, -0.15) is 0 Å². The van der Waals surface area contributed by atoms with E-state index in [1.807, 2.05) is 54.7 Å². The lowest BCUT2D eigenvalue weighted by molar-refractivity contribution is 0.669. The summed E-state index contributed by atoms with van der Waals surface area (Å²) in [6.07, 6.45) is 1.91. The average molecular weight is 880 g/mol. The van der Waals surface area contributed by atoms with Crippen molar-refractivity contribution >= 4 is 76.1 Å². The fourth-order valence-corrected chi connectivity index (χ4v) is 10.2. The molecule has 0 bridgehead atoms. The highest BCUT2D eigenvalue weighted by atomic mass is 16.3. The maximum Gasteiger partial charge on any atom is 0.164 e. The van der Waals surface area contributed by atoms with E-state index in [0.29, 0.717) is 17.5 Å². The standard InChI is InChI=1S/C63H37N5O/c1-3-15-38(16-4-1)40-27-29-51-55-35-42(28-30-57(55)69-58(51)36-40)62-66-61(39-17-5-2-6-18-39)67-63(68-62)45-32-43(54-34-41-19-7-8-20-46(41)47-21-9-10-24-50(47)54)31-44(33-45)56-37-64-59-52-25-13-11-22-48(52)49-23-12-14-26-53(49)60(59)65-56/h1-37H. The number of aromatic nitrogens is 5. The topological polar surface area (TPSA) is 77.6 Å². The van der Waals surface area contributed by atoms with Gasteiger partial charge < -0.3 is 4.42 Å². The summed E-state index contributed by atoms with van der Waals surface area (Å²) in [4.78, 5) is 26.5. The maximum atomic E-state index is 6.47. The molecule has 11 aromatic carbocycles. The van der Waals surface area contributed by atoms with E-state index in [0.717, 1.165) is 115 Å². The maximum absolute atomic E-state index is 6.47. The Bertz CT molecular complexity index is 4340. The molecule has 0 aliphatic carbocycles. The number of fused-ring (bicyclic) bond motifs is 12. The number of furan rings is 1. The molecular weight excluding hydrogens is 843 g/mol. The van der Waals surface area contributed by atoms with Gasteiger partial charge in [0.05, 0.1) is 22.9 Å². The Kier molecular flexibility index (Phi) is 8.79. The summed E-state index contributed by atoms with van der Waals surface area (Å²) in [7, 11) is 0. The van der Waals surface area contributed by atoms with Crippen LogP contribution in [0.5, 0.6) is 0 Å². The van der Waals surface area contributed by atoms with Crippen LogP contribution in [-0.4, -0.2) is 24.9 Å². The van der Waals surface area contributed by atoms with E-state index in [-0.39, 0.29) is 0 Å². The molecule has 0 aliphatic heterocycles. The van der Waals surface area contributed by atoms with Gasteiger partial charge in [0, 0.05) is 43.8 Å². The number of rotatable bonds is 6. The molecule has 6 nitrogen and oxygen atoms in total. The molecule has 0 fully saturated rings. The Morgan fingerprint density at radius 2 is 0.826 bits per heavy atom. The minimum Gasteiger partial charge on any atom is -0.456 e. The first-order valence-electron chi connectivity index (χ1n) is 23.1. The van der Waals surface area contributed by atoms with Gasteiger partial charge in [-0.25, -0.2) is 19.9 Å². The largest absolute Gasteiger partial charge is 0.456 e. The molecule has 320 valence electrons. The van der Waals surface area contributed by atoms with Crippen molar-refractivity contribution in [2.24, 2.45) is 0 Å². The lowest BCUT2D eigenvalue weighted by Crippen LogP contribution is -2.01. The van der Waals surface area contributed by atoms with Crippen LogP contribution in [0.3, 0.4) is 0 Å². The predicted octanol–water partition coefficient (Wildman–Crippen LogP) is 16.3. The summed E-state index contributed by atoms with van der Waals surface area (Å²) in [5.74, 6) is 1.68. The van der Waals surface area contributed by atoms with E-state index in [4.69, 9.17) is 29.3 Å². The minimum atomic E-state index is 0.543. The van der Waals surface area contributed by atoms with Crippen molar-refractivity contribution in [2.75, 3.05) is 0 Å². The second-order valence-corrected chi connectivity index (χ2v) is 17.6. The van der Waals surface area contributed by atoms with Gasteiger partial charge in [0.25, 0.3) is 0 Å². The molecule has 0 radical (unpaired) electrons. The third-order valence-corrected chi connectivity index (χ3v) is 13.5. The summed E-state index contributed by atoms with van der Waals surface area (Å²) >= 11 is 0. The molecule has 0 saturated carbocycles. The lowest BCUT2D eigenvalue weighted by Gasteiger charge is -2.15. The van der Waals surface area contributed by atoms with Crippen LogP contribution in [0.4, 0.5) is 0 Å². The second-order valence-electron chi connectivity index (χ2n) is 17.6. The summed E-state index contributed by atoms with van der Waals surface area (Å²) in [6.45, 7) is 0. The Morgan fingerprint density at radius 3 is 1.57 bits per heavy atom. The number of nitrogens with zero attached hydrogens (tertiary/aromatic N) is 5. The van der Waals surface area contributed by atoms with E-state index in [9.17, 15) is 0 Å². The van der Waals surface area contributed by atoms with Crippen molar-refractivity contribution in [3.63, 3.8) is 0 Å². The zero-order valence-corrected chi connectivity index (χ0v) is 37.0. The first-order valence-corrected chi connectivity index (χ1v) is 23.1. The zero-order chi connectivity index (χ0) is 45.4. The fraction of sp³-hybridized carbons (Fsp3) is 0. The van der Waals surface area contributed by atoms with Crippen LogP contribution in [0.1, 0.15) is 0 Å². The molecule has 14 aromatic rings. The monoisotopic (exact) mass is 879 g/mol. The Balaban J connectivity index is 1.000. The summed E-state index contributed by atoms with van der Waals surface area (Å²) in [6, 6.07) is 76.2. The molecule has 0 N–H and O–H groups in total. The molecule has 0 saturated heterocycles. The molecule has 0 spiro atoms. The van der Waals surface area contributed by atoms with Crippen molar-refractivity contribution < 1.29 is 4.42 Å². The summed E-state index contributed by atoms with van der Waals surface area (Å²) in [5, 5.41) is 11.2. The van der Waals surface area contributed by atoms with Crippen molar-refractivity contribution in [1.82, 2.24) is 24.9 Å². The molecule has 0 unspecified atom stereocenters. The molecule has 0 atom stereocenters. The molecule has 3 aromatic heterocycles. The van der Waals surface area contributed by atoms with E-state index < -0.39 is 0 Å². The SMILES string of the molecule is c1ccc(-c2ccc3c(c2)oc2ccc(-c4nc(-c5ccccc5)nc(-c5cc(-c6cnc7c8ccccc8c8ccccc8c7n6)cc(-c6cc7ccccc7c7ccccc67)c5)n4)cc23)cc1. The number of hydrogen-bond acceptors (Lipinski definition) is 6. The van der Waals surface area contributed by atoms with Crippen LogP contribution in [-0.2, 0) is 0 Å².